The molecule has 30 heavy (non-hydrogen) atoms. The first-order valence-electron chi connectivity index (χ1n) is 9.67. The lowest BCUT2D eigenvalue weighted by atomic mass is 10.2. The zero-order chi connectivity index (χ0) is 20.5. The van der Waals surface area contributed by atoms with Crippen molar-refractivity contribution >= 4 is 28.4 Å². The van der Waals surface area contributed by atoms with Crippen LogP contribution in [0.1, 0.15) is 0 Å². The number of ether oxygens (including phenoxy) is 1. The fourth-order valence-corrected chi connectivity index (χ4v) is 3.56. The first kappa shape index (κ1) is 18.5. The highest BCUT2D eigenvalue weighted by Crippen LogP contribution is 2.26. The van der Waals surface area contributed by atoms with Crippen LogP contribution in [-0.4, -0.2) is 40.8 Å². The summed E-state index contributed by atoms with van der Waals surface area (Å²) in [5, 5.41) is 3.89. The average Bonchev–Trinajstić information content (AvgIpc) is 3.19. The standard InChI is InChI=1S/C22H19F2N5O/c23-16-1-3-17(4-2-16)26-22-25-14-15-7-8-29(21(15)27-22)18-5-6-20(19(24)13-18)28-9-11-30-12-10-28/h1-8,13-14H,9-12H2,(H,25,26,27). The highest BCUT2D eigenvalue weighted by molar-refractivity contribution is 5.79. The number of anilines is 3. The van der Waals surface area contributed by atoms with Crippen molar-refractivity contribution < 1.29 is 13.5 Å². The number of hydrogen-bond acceptors (Lipinski definition) is 5. The van der Waals surface area contributed by atoms with Gasteiger partial charge in [-0.2, -0.15) is 4.98 Å². The van der Waals surface area contributed by atoms with Gasteiger partial charge in [-0.1, -0.05) is 0 Å². The Morgan fingerprint density at radius 3 is 2.53 bits per heavy atom. The lowest BCUT2D eigenvalue weighted by molar-refractivity contribution is 0.122. The van der Waals surface area contributed by atoms with Crippen LogP contribution in [0.15, 0.2) is 60.9 Å². The molecule has 152 valence electrons. The van der Waals surface area contributed by atoms with E-state index in [1.165, 1.54) is 18.2 Å². The molecular formula is C22H19F2N5O. The molecule has 1 aliphatic heterocycles. The Bertz CT molecular complexity index is 1190. The van der Waals surface area contributed by atoms with Crippen molar-refractivity contribution in [1.29, 1.82) is 0 Å². The lowest BCUT2D eigenvalue weighted by Gasteiger charge is -2.29. The van der Waals surface area contributed by atoms with Crippen LogP contribution in [-0.2, 0) is 4.74 Å². The highest BCUT2D eigenvalue weighted by atomic mass is 19.1. The molecule has 0 bridgehead atoms. The third kappa shape index (κ3) is 3.57. The molecule has 0 spiro atoms. The van der Waals surface area contributed by atoms with E-state index >= 15 is 0 Å². The SMILES string of the molecule is Fc1ccc(Nc2ncc3ccn(-c4ccc(N5CCOCC5)c(F)c4)c3n2)cc1. The molecule has 3 heterocycles. The van der Waals surface area contributed by atoms with Crippen molar-refractivity contribution in [2.24, 2.45) is 0 Å². The Hall–Kier alpha value is -3.52. The van der Waals surface area contributed by atoms with Crippen LogP contribution in [0.4, 0.5) is 26.1 Å². The molecule has 1 fully saturated rings. The molecule has 1 aliphatic rings. The number of nitrogens with zero attached hydrogens (tertiary/aromatic N) is 4. The second-order valence-electron chi connectivity index (χ2n) is 7.03. The summed E-state index contributed by atoms with van der Waals surface area (Å²) >= 11 is 0. The van der Waals surface area contributed by atoms with Crippen molar-refractivity contribution in [1.82, 2.24) is 14.5 Å². The van der Waals surface area contributed by atoms with Crippen molar-refractivity contribution in [3.8, 4) is 5.69 Å². The Morgan fingerprint density at radius 2 is 1.77 bits per heavy atom. The topological polar surface area (TPSA) is 55.2 Å². The molecule has 1 saturated heterocycles. The van der Waals surface area contributed by atoms with Gasteiger partial charge in [0.25, 0.3) is 0 Å². The summed E-state index contributed by atoms with van der Waals surface area (Å²) in [5.74, 6) is -0.220. The Kier molecular flexibility index (Phi) is 4.76. The van der Waals surface area contributed by atoms with E-state index in [0.29, 0.717) is 55.0 Å². The summed E-state index contributed by atoms with van der Waals surface area (Å²) in [4.78, 5) is 10.9. The molecule has 2 aromatic heterocycles. The highest BCUT2D eigenvalue weighted by Gasteiger charge is 2.16. The van der Waals surface area contributed by atoms with Gasteiger partial charge in [-0.05, 0) is 42.5 Å². The van der Waals surface area contributed by atoms with Crippen molar-refractivity contribution in [3.63, 3.8) is 0 Å². The Labute approximate surface area is 171 Å². The fraction of sp³-hybridized carbons (Fsp3) is 0.182. The largest absolute Gasteiger partial charge is 0.378 e. The first-order chi connectivity index (χ1) is 14.7. The van der Waals surface area contributed by atoms with E-state index in [4.69, 9.17) is 4.74 Å². The summed E-state index contributed by atoms with van der Waals surface area (Å²) in [6, 6.07) is 13.0. The molecule has 0 unspecified atom stereocenters. The third-order valence-corrected chi connectivity index (χ3v) is 5.09. The number of rotatable bonds is 4. The van der Waals surface area contributed by atoms with Gasteiger partial charge in [0, 0.05) is 42.6 Å². The monoisotopic (exact) mass is 407 g/mol. The van der Waals surface area contributed by atoms with Gasteiger partial charge in [-0.25, -0.2) is 13.8 Å². The summed E-state index contributed by atoms with van der Waals surface area (Å²) in [6.07, 6.45) is 3.54. The quantitative estimate of drug-likeness (QED) is 0.547. The maximum atomic E-state index is 14.9. The number of nitrogens with one attached hydrogen (secondary N) is 1. The van der Waals surface area contributed by atoms with Crippen molar-refractivity contribution in [3.05, 3.63) is 72.6 Å². The minimum atomic E-state index is -0.312. The van der Waals surface area contributed by atoms with Crippen LogP contribution < -0.4 is 10.2 Å². The zero-order valence-corrected chi connectivity index (χ0v) is 16.1. The van der Waals surface area contributed by atoms with Crippen molar-refractivity contribution in [2.75, 3.05) is 36.5 Å². The molecule has 5 rings (SSSR count). The van der Waals surface area contributed by atoms with Crippen LogP contribution in [0.25, 0.3) is 16.7 Å². The van der Waals surface area contributed by atoms with E-state index in [-0.39, 0.29) is 11.6 Å². The van der Waals surface area contributed by atoms with Gasteiger partial charge in [0.05, 0.1) is 24.6 Å². The number of hydrogen-bond donors (Lipinski definition) is 1. The number of fused-ring (bicyclic) bond motifs is 1. The molecule has 8 heteroatoms. The molecule has 2 aromatic carbocycles. The number of morpholine rings is 1. The molecule has 6 nitrogen and oxygen atoms in total. The Morgan fingerprint density at radius 1 is 0.967 bits per heavy atom. The molecule has 0 aliphatic carbocycles. The minimum absolute atomic E-state index is 0.282. The molecule has 0 atom stereocenters. The van der Waals surface area contributed by atoms with Gasteiger partial charge in [0.2, 0.25) is 5.95 Å². The second-order valence-corrected chi connectivity index (χ2v) is 7.03. The number of halogens is 2. The summed E-state index contributed by atoms with van der Waals surface area (Å²) < 4.78 is 35.1. The molecule has 0 amide bonds. The maximum Gasteiger partial charge on any atom is 0.229 e. The van der Waals surface area contributed by atoms with Gasteiger partial charge in [0.1, 0.15) is 17.3 Å². The van der Waals surface area contributed by atoms with Gasteiger partial charge >= 0.3 is 0 Å². The number of benzene rings is 2. The Balaban J connectivity index is 1.46. The third-order valence-electron chi connectivity index (χ3n) is 5.09. The summed E-state index contributed by atoms with van der Waals surface area (Å²) in [6.45, 7) is 2.55. The lowest BCUT2D eigenvalue weighted by Crippen LogP contribution is -2.36. The maximum absolute atomic E-state index is 14.9. The minimum Gasteiger partial charge on any atom is -0.378 e. The predicted octanol–water partition coefficient (Wildman–Crippen LogP) is 4.28. The summed E-state index contributed by atoms with van der Waals surface area (Å²) in [5.41, 5.74) is 2.57. The van der Waals surface area contributed by atoms with Crippen molar-refractivity contribution in [2.45, 2.75) is 0 Å². The van der Waals surface area contributed by atoms with E-state index < -0.39 is 0 Å². The van der Waals surface area contributed by atoms with Crippen LogP contribution in [0.3, 0.4) is 0 Å². The van der Waals surface area contributed by atoms with Crippen LogP contribution in [0, 0.1) is 11.6 Å². The smallest absolute Gasteiger partial charge is 0.229 e. The van der Waals surface area contributed by atoms with E-state index in [2.05, 4.69) is 15.3 Å². The zero-order valence-electron chi connectivity index (χ0n) is 16.1. The molecule has 4 aromatic rings. The molecule has 0 saturated carbocycles. The van der Waals surface area contributed by atoms with Crippen LogP contribution in [0.5, 0.6) is 0 Å². The molecular weight excluding hydrogens is 388 g/mol. The molecule has 0 radical (unpaired) electrons. The van der Waals surface area contributed by atoms with Gasteiger partial charge in [-0.15, -0.1) is 0 Å². The second kappa shape index (κ2) is 7.72. The van der Waals surface area contributed by atoms with E-state index in [9.17, 15) is 8.78 Å². The van der Waals surface area contributed by atoms with E-state index in [0.717, 1.165) is 5.39 Å². The van der Waals surface area contributed by atoms with E-state index in [1.54, 1.807) is 24.4 Å². The summed E-state index contributed by atoms with van der Waals surface area (Å²) in [7, 11) is 0. The fourth-order valence-electron chi connectivity index (χ4n) is 3.56. The van der Waals surface area contributed by atoms with Gasteiger partial charge in [-0.3, -0.25) is 0 Å². The predicted molar refractivity (Wildman–Crippen MR) is 112 cm³/mol. The van der Waals surface area contributed by atoms with Gasteiger partial charge < -0.3 is 19.5 Å². The first-order valence-corrected chi connectivity index (χ1v) is 9.67. The molecule has 1 N–H and O–H groups in total. The van der Waals surface area contributed by atoms with Crippen LogP contribution >= 0.6 is 0 Å². The van der Waals surface area contributed by atoms with Crippen LogP contribution in [0.2, 0.25) is 0 Å². The van der Waals surface area contributed by atoms with E-state index in [1.807, 2.05) is 27.8 Å². The normalized spacial score (nSPS) is 14.3. The number of aromatic nitrogens is 3. The van der Waals surface area contributed by atoms with Gasteiger partial charge in [0.15, 0.2) is 0 Å². The average molecular weight is 407 g/mol.